The van der Waals surface area contributed by atoms with Crippen molar-refractivity contribution in [1.29, 1.82) is 0 Å². The average molecular weight is 244 g/mol. The summed E-state index contributed by atoms with van der Waals surface area (Å²) >= 11 is 0. The number of hydrogen-bond donors (Lipinski definition) is 1. The maximum Gasteiger partial charge on any atom is 0.223 e. The molecule has 96 valence electrons. The molecule has 0 saturated heterocycles. The van der Waals surface area contributed by atoms with Crippen LogP contribution in [0.1, 0.15) is 12.0 Å². The van der Waals surface area contributed by atoms with Crippen molar-refractivity contribution < 1.29 is 4.79 Å². The number of rotatable bonds is 7. The quantitative estimate of drug-likeness (QED) is 0.591. The molecule has 0 aliphatic heterocycles. The molecule has 1 aromatic rings. The molecule has 0 bridgehead atoms. The molecule has 1 aromatic carbocycles. The Morgan fingerprint density at radius 1 is 1.17 bits per heavy atom. The SMILES string of the molecule is C=CCN(CC=C)C(=O)CCc1ccc(N)cc1. The molecule has 0 aromatic heterocycles. The largest absolute Gasteiger partial charge is 0.399 e. The highest BCUT2D eigenvalue weighted by atomic mass is 16.2. The lowest BCUT2D eigenvalue weighted by atomic mass is 10.1. The standard InChI is InChI=1S/C15H20N2O/c1-3-11-17(12-4-2)15(18)10-7-13-5-8-14(16)9-6-13/h3-6,8-9H,1-2,7,10-12,16H2. The van der Waals surface area contributed by atoms with Crippen LogP contribution in [0.4, 0.5) is 5.69 Å². The lowest BCUT2D eigenvalue weighted by molar-refractivity contribution is -0.130. The second-order valence-electron chi connectivity index (χ2n) is 4.12. The fourth-order valence-electron chi connectivity index (χ4n) is 1.68. The highest BCUT2D eigenvalue weighted by Gasteiger charge is 2.10. The maximum absolute atomic E-state index is 12.0. The number of aryl methyl sites for hydroxylation is 1. The summed E-state index contributed by atoms with van der Waals surface area (Å²) < 4.78 is 0. The van der Waals surface area contributed by atoms with Gasteiger partial charge in [0.1, 0.15) is 0 Å². The van der Waals surface area contributed by atoms with E-state index in [4.69, 9.17) is 5.73 Å². The Morgan fingerprint density at radius 3 is 2.22 bits per heavy atom. The molecule has 18 heavy (non-hydrogen) atoms. The fraction of sp³-hybridized carbons (Fsp3) is 0.267. The van der Waals surface area contributed by atoms with Gasteiger partial charge in [-0.05, 0) is 24.1 Å². The molecule has 0 aliphatic rings. The van der Waals surface area contributed by atoms with Crippen molar-refractivity contribution in [1.82, 2.24) is 4.90 Å². The summed E-state index contributed by atoms with van der Waals surface area (Å²) in [5, 5.41) is 0. The van der Waals surface area contributed by atoms with Gasteiger partial charge in [0.15, 0.2) is 0 Å². The van der Waals surface area contributed by atoms with Gasteiger partial charge >= 0.3 is 0 Å². The summed E-state index contributed by atoms with van der Waals surface area (Å²) in [6, 6.07) is 7.61. The van der Waals surface area contributed by atoms with Crippen molar-refractivity contribution in [2.45, 2.75) is 12.8 Å². The third-order valence-corrected chi connectivity index (χ3v) is 2.66. The number of benzene rings is 1. The average Bonchev–Trinajstić information content (AvgIpc) is 2.37. The van der Waals surface area contributed by atoms with Gasteiger partial charge in [-0.3, -0.25) is 4.79 Å². The van der Waals surface area contributed by atoms with E-state index in [2.05, 4.69) is 13.2 Å². The van der Waals surface area contributed by atoms with E-state index in [1.165, 1.54) is 0 Å². The molecule has 1 amide bonds. The van der Waals surface area contributed by atoms with Crippen LogP contribution in [0.3, 0.4) is 0 Å². The molecule has 0 spiro atoms. The third kappa shape index (κ3) is 4.45. The van der Waals surface area contributed by atoms with Crippen LogP contribution >= 0.6 is 0 Å². The number of amides is 1. The highest BCUT2D eigenvalue weighted by Crippen LogP contribution is 2.08. The molecule has 0 fully saturated rings. The minimum absolute atomic E-state index is 0.117. The summed E-state index contributed by atoms with van der Waals surface area (Å²) in [7, 11) is 0. The van der Waals surface area contributed by atoms with E-state index in [0.717, 1.165) is 17.7 Å². The van der Waals surface area contributed by atoms with Crippen LogP contribution in [0.15, 0.2) is 49.6 Å². The molecule has 2 N–H and O–H groups in total. The molecular weight excluding hydrogens is 224 g/mol. The van der Waals surface area contributed by atoms with Crippen LogP contribution in [0.2, 0.25) is 0 Å². The first-order chi connectivity index (χ1) is 8.67. The summed E-state index contributed by atoms with van der Waals surface area (Å²) in [5.74, 6) is 0.117. The summed E-state index contributed by atoms with van der Waals surface area (Å²) in [5.41, 5.74) is 7.47. The van der Waals surface area contributed by atoms with Crippen molar-refractivity contribution in [3.05, 3.63) is 55.1 Å². The predicted molar refractivity (Wildman–Crippen MR) is 76.1 cm³/mol. The van der Waals surface area contributed by atoms with Crippen molar-refractivity contribution in [3.63, 3.8) is 0 Å². The van der Waals surface area contributed by atoms with Crippen LogP contribution in [0, 0.1) is 0 Å². The van der Waals surface area contributed by atoms with Gasteiger partial charge in [0.25, 0.3) is 0 Å². The Morgan fingerprint density at radius 2 is 1.72 bits per heavy atom. The first kappa shape index (κ1) is 14.0. The van der Waals surface area contributed by atoms with E-state index in [0.29, 0.717) is 19.5 Å². The number of nitrogen functional groups attached to an aromatic ring is 1. The molecular formula is C15H20N2O. The van der Waals surface area contributed by atoms with Gasteiger partial charge in [-0.1, -0.05) is 24.3 Å². The van der Waals surface area contributed by atoms with Crippen molar-refractivity contribution in [2.24, 2.45) is 0 Å². The van der Waals surface area contributed by atoms with E-state index in [1.54, 1.807) is 17.1 Å². The molecule has 0 aliphatic carbocycles. The first-order valence-corrected chi connectivity index (χ1v) is 6.01. The number of carbonyl (C=O) groups excluding carboxylic acids is 1. The second kappa shape index (κ2) is 7.33. The monoisotopic (exact) mass is 244 g/mol. The lowest BCUT2D eigenvalue weighted by Crippen LogP contribution is -2.31. The Labute approximate surface area is 109 Å². The molecule has 0 saturated carbocycles. The van der Waals surface area contributed by atoms with E-state index in [-0.39, 0.29) is 5.91 Å². The Bertz CT molecular complexity index is 399. The van der Waals surface area contributed by atoms with Gasteiger partial charge in [0.05, 0.1) is 0 Å². The van der Waals surface area contributed by atoms with Gasteiger partial charge in [0, 0.05) is 25.2 Å². The van der Waals surface area contributed by atoms with E-state index in [9.17, 15) is 4.79 Å². The minimum atomic E-state index is 0.117. The number of carbonyl (C=O) groups is 1. The van der Waals surface area contributed by atoms with Crippen molar-refractivity contribution >= 4 is 11.6 Å². The minimum Gasteiger partial charge on any atom is -0.399 e. The number of hydrogen-bond acceptors (Lipinski definition) is 2. The Kier molecular flexibility index (Phi) is 5.71. The van der Waals surface area contributed by atoms with Crippen LogP contribution in [-0.2, 0) is 11.2 Å². The van der Waals surface area contributed by atoms with Gasteiger partial charge in [0.2, 0.25) is 5.91 Å². The van der Waals surface area contributed by atoms with Crippen molar-refractivity contribution in [2.75, 3.05) is 18.8 Å². The van der Waals surface area contributed by atoms with Gasteiger partial charge < -0.3 is 10.6 Å². The third-order valence-electron chi connectivity index (χ3n) is 2.66. The summed E-state index contributed by atoms with van der Waals surface area (Å²) in [6.07, 6.45) is 4.67. The van der Waals surface area contributed by atoms with Gasteiger partial charge in [-0.2, -0.15) is 0 Å². The van der Waals surface area contributed by atoms with E-state index < -0.39 is 0 Å². The lowest BCUT2D eigenvalue weighted by Gasteiger charge is -2.19. The molecule has 1 rings (SSSR count). The van der Waals surface area contributed by atoms with Crippen molar-refractivity contribution in [3.8, 4) is 0 Å². The van der Waals surface area contributed by atoms with Crippen LogP contribution < -0.4 is 5.73 Å². The van der Waals surface area contributed by atoms with Crippen LogP contribution in [-0.4, -0.2) is 23.9 Å². The zero-order valence-corrected chi connectivity index (χ0v) is 10.6. The fourth-order valence-corrected chi connectivity index (χ4v) is 1.68. The molecule has 0 radical (unpaired) electrons. The summed E-state index contributed by atoms with van der Waals surface area (Å²) in [4.78, 5) is 13.7. The summed E-state index contributed by atoms with van der Waals surface area (Å²) in [6.45, 7) is 8.43. The second-order valence-corrected chi connectivity index (χ2v) is 4.12. The van der Waals surface area contributed by atoms with Crippen LogP contribution in [0.25, 0.3) is 0 Å². The van der Waals surface area contributed by atoms with E-state index >= 15 is 0 Å². The van der Waals surface area contributed by atoms with Gasteiger partial charge in [-0.25, -0.2) is 0 Å². The molecule has 3 heteroatoms. The Balaban J connectivity index is 2.50. The molecule has 0 heterocycles. The number of nitrogens with zero attached hydrogens (tertiary/aromatic N) is 1. The topological polar surface area (TPSA) is 46.3 Å². The van der Waals surface area contributed by atoms with Gasteiger partial charge in [-0.15, -0.1) is 13.2 Å². The smallest absolute Gasteiger partial charge is 0.223 e. The molecule has 0 atom stereocenters. The normalized spacial score (nSPS) is 9.78. The highest BCUT2D eigenvalue weighted by molar-refractivity contribution is 5.76. The Hall–Kier alpha value is -2.03. The van der Waals surface area contributed by atoms with Crippen LogP contribution in [0.5, 0.6) is 0 Å². The van der Waals surface area contributed by atoms with E-state index in [1.807, 2.05) is 24.3 Å². The maximum atomic E-state index is 12.0. The molecule has 3 nitrogen and oxygen atoms in total. The molecule has 0 unspecified atom stereocenters. The number of nitrogens with two attached hydrogens (primary N) is 1. The predicted octanol–water partition coefficient (Wildman–Crippen LogP) is 2.40. The first-order valence-electron chi connectivity index (χ1n) is 6.01. The zero-order chi connectivity index (χ0) is 13.4. The zero-order valence-electron chi connectivity index (χ0n) is 10.6. The number of anilines is 1.